The van der Waals surface area contributed by atoms with Gasteiger partial charge in [-0.1, -0.05) is 18.7 Å². The van der Waals surface area contributed by atoms with Gasteiger partial charge in [-0.05, 0) is 42.0 Å². The summed E-state index contributed by atoms with van der Waals surface area (Å²) < 4.78 is 5.20. The monoisotopic (exact) mass is 216 g/mol. The van der Waals surface area contributed by atoms with Crippen LogP contribution in [0.15, 0.2) is 36.4 Å². The van der Waals surface area contributed by atoms with Crippen molar-refractivity contribution in [2.75, 3.05) is 7.11 Å². The predicted octanol–water partition coefficient (Wildman–Crippen LogP) is 3.09. The molecule has 2 heteroatoms. The van der Waals surface area contributed by atoms with Crippen LogP contribution in [0.1, 0.15) is 30.7 Å². The summed E-state index contributed by atoms with van der Waals surface area (Å²) in [6.45, 7) is 3.83. The summed E-state index contributed by atoms with van der Waals surface area (Å²) in [4.78, 5) is 11.4. The fourth-order valence-corrected chi connectivity index (χ4v) is 2.18. The number of carbonyl (C=O) groups is 1. The van der Waals surface area contributed by atoms with E-state index < -0.39 is 0 Å². The van der Waals surface area contributed by atoms with E-state index in [0.717, 1.165) is 24.2 Å². The van der Waals surface area contributed by atoms with Crippen LogP contribution in [0.25, 0.3) is 0 Å². The van der Waals surface area contributed by atoms with Gasteiger partial charge in [-0.2, -0.15) is 0 Å². The van der Waals surface area contributed by atoms with E-state index >= 15 is 0 Å². The summed E-state index contributed by atoms with van der Waals surface area (Å²) in [5.41, 5.74) is 2.01. The molecule has 1 fully saturated rings. The maximum absolute atomic E-state index is 11.4. The van der Waals surface area contributed by atoms with Crippen LogP contribution in [0.2, 0.25) is 0 Å². The van der Waals surface area contributed by atoms with E-state index in [1.807, 2.05) is 18.2 Å². The fourth-order valence-electron chi connectivity index (χ4n) is 2.18. The van der Waals surface area contributed by atoms with Gasteiger partial charge in [0, 0.05) is 6.42 Å². The molecule has 0 bridgehead atoms. The Morgan fingerprint density at radius 1 is 1.44 bits per heavy atom. The van der Waals surface area contributed by atoms with E-state index in [-0.39, 0.29) is 5.78 Å². The highest BCUT2D eigenvalue weighted by molar-refractivity contribution is 5.95. The Morgan fingerprint density at radius 3 is 2.94 bits per heavy atom. The normalized spacial score (nSPS) is 20.9. The van der Waals surface area contributed by atoms with Crippen molar-refractivity contribution in [1.29, 1.82) is 0 Å². The van der Waals surface area contributed by atoms with Crippen molar-refractivity contribution in [3.05, 3.63) is 42.0 Å². The van der Waals surface area contributed by atoms with Gasteiger partial charge in [-0.15, -0.1) is 0 Å². The Labute approximate surface area is 95.9 Å². The van der Waals surface area contributed by atoms with E-state index in [1.54, 1.807) is 7.11 Å². The Kier molecular flexibility index (Phi) is 3.09. The Morgan fingerprint density at radius 2 is 2.25 bits per heavy atom. The summed E-state index contributed by atoms with van der Waals surface area (Å²) >= 11 is 0. The number of carbonyl (C=O) groups excluding carboxylic acids is 1. The zero-order valence-electron chi connectivity index (χ0n) is 9.53. The van der Waals surface area contributed by atoms with Gasteiger partial charge in [-0.25, -0.2) is 0 Å². The van der Waals surface area contributed by atoms with Gasteiger partial charge in [0.1, 0.15) is 5.75 Å². The lowest BCUT2D eigenvalue weighted by Crippen LogP contribution is -2.14. The number of benzene rings is 1. The van der Waals surface area contributed by atoms with Gasteiger partial charge >= 0.3 is 0 Å². The molecule has 1 aliphatic rings. The number of allylic oxidation sites excluding steroid dienone is 1. The van der Waals surface area contributed by atoms with Crippen molar-refractivity contribution < 1.29 is 9.53 Å². The minimum Gasteiger partial charge on any atom is -0.497 e. The van der Waals surface area contributed by atoms with Crippen LogP contribution in [0.4, 0.5) is 0 Å². The molecule has 0 N–H and O–H groups in total. The third kappa shape index (κ3) is 2.16. The van der Waals surface area contributed by atoms with Crippen molar-refractivity contribution in [3.8, 4) is 5.75 Å². The topological polar surface area (TPSA) is 26.3 Å². The molecule has 2 nitrogen and oxygen atoms in total. The molecule has 0 aliphatic heterocycles. The quantitative estimate of drug-likeness (QED) is 0.710. The van der Waals surface area contributed by atoms with Crippen molar-refractivity contribution in [1.82, 2.24) is 0 Å². The Bertz CT molecular complexity index is 420. The maximum Gasteiger partial charge on any atom is 0.158 e. The van der Waals surface area contributed by atoms with Gasteiger partial charge in [0.15, 0.2) is 5.78 Å². The minimum atomic E-state index is 0.221. The molecule has 1 unspecified atom stereocenters. The van der Waals surface area contributed by atoms with Crippen LogP contribution in [-0.2, 0) is 4.79 Å². The standard InChI is InChI=1S/C14H16O2/c1-10-8-12(6-7-14(10)15)11-4-3-5-13(9-11)16-2/h3-5,9,12H,1,6-8H2,2H3. The van der Waals surface area contributed by atoms with Crippen LogP contribution >= 0.6 is 0 Å². The lowest BCUT2D eigenvalue weighted by molar-refractivity contribution is -0.116. The van der Waals surface area contributed by atoms with Crippen molar-refractivity contribution in [2.45, 2.75) is 25.2 Å². The smallest absolute Gasteiger partial charge is 0.158 e. The second-order valence-electron chi connectivity index (χ2n) is 4.24. The number of ketones is 1. The fraction of sp³-hybridized carbons (Fsp3) is 0.357. The SMILES string of the molecule is C=C1CC(c2cccc(OC)c2)CCC1=O. The van der Waals surface area contributed by atoms with Gasteiger partial charge < -0.3 is 4.74 Å². The minimum absolute atomic E-state index is 0.221. The molecule has 0 radical (unpaired) electrons. The average molecular weight is 216 g/mol. The van der Waals surface area contributed by atoms with Gasteiger partial charge in [-0.3, -0.25) is 4.79 Å². The predicted molar refractivity (Wildman–Crippen MR) is 63.7 cm³/mol. The molecule has 16 heavy (non-hydrogen) atoms. The van der Waals surface area contributed by atoms with E-state index in [9.17, 15) is 4.79 Å². The summed E-state index contributed by atoms with van der Waals surface area (Å²) in [5.74, 6) is 1.51. The second-order valence-corrected chi connectivity index (χ2v) is 4.24. The van der Waals surface area contributed by atoms with Crippen LogP contribution in [0, 0.1) is 0 Å². The van der Waals surface area contributed by atoms with E-state index in [2.05, 4.69) is 12.6 Å². The molecule has 0 amide bonds. The van der Waals surface area contributed by atoms with Gasteiger partial charge in [0.05, 0.1) is 7.11 Å². The molecule has 1 aromatic rings. The van der Waals surface area contributed by atoms with Gasteiger partial charge in [0.25, 0.3) is 0 Å². The zero-order chi connectivity index (χ0) is 11.5. The highest BCUT2D eigenvalue weighted by atomic mass is 16.5. The maximum atomic E-state index is 11.4. The number of Topliss-reactive ketones (excluding diaryl/α,β-unsaturated/α-hetero) is 1. The molecule has 84 valence electrons. The lowest BCUT2D eigenvalue weighted by atomic mass is 9.81. The highest BCUT2D eigenvalue weighted by Gasteiger charge is 2.23. The molecule has 1 aliphatic carbocycles. The first-order chi connectivity index (χ1) is 7.70. The first-order valence-electron chi connectivity index (χ1n) is 5.55. The largest absolute Gasteiger partial charge is 0.497 e. The number of ether oxygens (including phenoxy) is 1. The molecule has 0 aromatic heterocycles. The molecule has 1 saturated carbocycles. The number of methoxy groups -OCH3 is 1. The molecule has 0 spiro atoms. The Hall–Kier alpha value is -1.57. The van der Waals surface area contributed by atoms with Crippen LogP contribution in [0.5, 0.6) is 5.75 Å². The third-order valence-corrected chi connectivity index (χ3v) is 3.17. The van der Waals surface area contributed by atoms with E-state index in [4.69, 9.17) is 4.74 Å². The van der Waals surface area contributed by atoms with Crippen LogP contribution in [-0.4, -0.2) is 12.9 Å². The third-order valence-electron chi connectivity index (χ3n) is 3.17. The molecule has 1 aromatic carbocycles. The summed E-state index contributed by atoms with van der Waals surface area (Å²) in [6, 6.07) is 8.07. The van der Waals surface area contributed by atoms with Crippen LogP contribution in [0.3, 0.4) is 0 Å². The molecule has 0 saturated heterocycles. The van der Waals surface area contributed by atoms with Gasteiger partial charge in [0.2, 0.25) is 0 Å². The number of rotatable bonds is 2. The molecule has 0 heterocycles. The van der Waals surface area contributed by atoms with E-state index in [1.165, 1.54) is 5.56 Å². The first kappa shape index (κ1) is 10.9. The van der Waals surface area contributed by atoms with Crippen molar-refractivity contribution in [2.24, 2.45) is 0 Å². The summed E-state index contributed by atoms with van der Waals surface area (Å²) in [5, 5.41) is 0. The molecular formula is C14H16O2. The van der Waals surface area contributed by atoms with Crippen LogP contribution < -0.4 is 4.74 Å². The molecule has 1 atom stereocenters. The number of hydrogen-bond donors (Lipinski definition) is 0. The van der Waals surface area contributed by atoms with E-state index in [0.29, 0.717) is 12.3 Å². The zero-order valence-corrected chi connectivity index (χ0v) is 9.53. The lowest BCUT2D eigenvalue weighted by Gasteiger charge is -2.23. The summed E-state index contributed by atoms with van der Waals surface area (Å²) in [6.07, 6.45) is 2.33. The second kappa shape index (κ2) is 4.52. The summed E-state index contributed by atoms with van der Waals surface area (Å²) in [7, 11) is 1.67. The molecule has 2 rings (SSSR count). The van der Waals surface area contributed by atoms with Crippen molar-refractivity contribution in [3.63, 3.8) is 0 Å². The van der Waals surface area contributed by atoms with Crippen molar-refractivity contribution >= 4 is 5.78 Å². The Balaban J connectivity index is 2.18. The first-order valence-corrected chi connectivity index (χ1v) is 5.55. The molecular weight excluding hydrogens is 200 g/mol. The number of hydrogen-bond acceptors (Lipinski definition) is 2. The average Bonchev–Trinajstić information content (AvgIpc) is 2.33. The highest BCUT2D eigenvalue weighted by Crippen LogP contribution is 2.34.